The minimum Gasteiger partial charge on any atom is -0.496 e. The van der Waals surface area contributed by atoms with Crippen LogP contribution in [0.3, 0.4) is 0 Å². The van der Waals surface area contributed by atoms with E-state index in [1.54, 1.807) is 24.3 Å². The Bertz CT molecular complexity index is 542. The van der Waals surface area contributed by atoms with E-state index < -0.39 is 24.2 Å². The van der Waals surface area contributed by atoms with E-state index in [1.807, 2.05) is 20.8 Å². The molecule has 0 aliphatic carbocycles. The second-order valence-corrected chi connectivity index (χ2v) is 6.14. The number of hydrogen-bond donors (Lipinski definition) is 3. The van der Waals surface area contributed by atoms with Crippen LogP contribution < -0.4 is 4.74 Å². The van der Waals surface area contributed by atoms with E-state index in [-0.39, 0.29) is 5.78 Å². The van der Waals surface area contributed by atoms with Gasteiger partial charge >= 0.3 is 0 Å². The summed E-state index contributed by atoms with van der Waals surface area (Å²) in [5, 5.41) is 28.4. The average molecular weight is 308 g/mol. The smallest absolute Gasteiger partial charge is 0.161 e. The Kier molecular flexibility index (Phi) is 6.29. The molecule has 0 amide bonds. The molecule has 0 bridgehead atoms. The number of methoxy groups -OCH3 is 1. The van der Waals surface area contributed by atoms with Crippen LogP contribution in [0.15, 0.2) is 24.3 Å². The molecule has 3 N–H and O–H groups in total. The second-order valence-electron chi connectivity index (χ2n) is 6.14. The summed E-state index contributed by atoms with van der Waals surface area (Å²) in [4.78, 5) is 11.9. The zero-order chi connectivity index (χ0) is 16.9. The summed E-state index contributed by atoms with van der Waals surface area (Å²) in [6.45, 7) is 4.98. The van der Waals surface area contributed by atoms with Gasteiger partial charge < -0.3 is 20.1 Å². The molecule has 0 saturated heterocycles. The Hall–Kier alpha value is -1.69. The summed E-state index contributed by atoms with van der Waals surface area (Å²) >= 11 is 0. The fourth-order valence-electron chi connectivity index (χ4n) is 1.80. The number of aliphatic hydroxyl groups is 3. The highest BCUT2D eigenvalue weighted by Gasteiger charge is 2.21. The molecule has 2 unspecified atom stereocenters. The number of rotatable bonds is 6. The Morgan fingerprint density at radius 2 is 1.95 bits per heavy atom. The molecule has 1 aromatic carbocycles. The predicted molar refractivity (Wildman–Crippen MR) is 84.5 cm³/mol. The van der Waals surface area contributed by atoms with Crippen LogP contribution in [0.25, 0.3) is 6.08 Å². The SMILES string of the molecule is COc1cc(C=CC(=O)C(C)(C)C)ccc1C(O)C(O)CO. The second kappa shape index (κ2) is 7.54. The van der Waals surface area contributed by atoms with Gasteiger partial charge in [-0.25, -0.2) is 0 Å². The number of ketones is 1. The summed E-state index contributed by atoms with van der Waals surface area (Å²) in [5.41, 5.74) is 0.675. The summed E-state index contributed by atoms with van der Waals surface area (Å²) in [6, 6.07) is 4.97. The fraction of sp³-hybridized carbons (Fsp3) is 0.471. The van der Waals surface area contributed by atoms with Gasteiger partial charge in [0.15, 0.2) is 5.78 Å². The molecule has 0 spiro atoms. The Labute approximate surface area is 130 Å². The van der Waals surface area contributed by atoms with Crippen LogP contribution in [0.1, 0.15) is 38.0 Å². The molecule has 0 aromatic heterocycles. The van der Waals surface area contributed by atoms with Gasteiger partial charge in [0.2, 0.25) is 0 Å². The van der Waals surface area contributed by atoms with Crippen LogP contribution in [0.4, 0.5) is 0 Å². The van der Waals surface area contributed by atoms with E-state index in [2.05, 4.69) is 0 Å². The van der Waals surface area contributed by atoms with Crippen LogP contribution in [0.5, 0.6) is 5.75 Å². The lowest BCUT2D eigenvalue weighted by molar-refractivity contribution is -0.121. The number of ether oxygens (including phenoxy) is 1. The maximum Gasteiger partial charge on any atom is 0.161 e. The van der Waals surface area contributed by atoms with E-state index in [4.69, 9.17) is 9.84 Å². The predicted octanol–water partition coefficient (Wildman–Crippen LogP) is 1.71. The summed E-state index contributed by atoms with van der Waals surface area (Å²) in [6.07, 6.45) is 0.661. The Balaban J connectivity index is 3.03. The van der Waals surface area contributed by atoms with Gasteiger partial charge in [-0.2, -0.15) is 0 Å². The molecule has 5 nitrogen and oxygen atoms in total. The Morgan fingerprint density at radius 1 is 1.32 bits per heavy atom. The first-order valence-electron chi connectivity index (χ1n) is 7.08. The van der Waals surface area contributed by atoms with Crippen molar-refractivity contribution >= 4 is 11.9 Å². The van der Waals surface area contributed by atoms with E-state index >= 15 is 0 Å². The molecule has 1 rings (SSSR count). The lowest BCUT2D eigenvalue weighted by atomic mass is 9.90. The van der Waals surface area contributed by atoms with Gasteiger partial charge in [-0.1, -0.05) is 39.0 Å². The van der Waals surface area contributed by atoms with Crippen LogP contribution in [-0.2, 0) is 4.79 Å². The third-order valence-corrected chi connectivity index (χ3v) is 3.29. The normalized spacial score (nSPS) is 14.9. The molecular formula is C17H24O5. The third kappa shape index (κ3) is 4.66. The first-order valence-corrected chi connectivity index (χ1v) is 7.08. The molecule has 5 heteroatoms. The minimum atomic E-state index is -1.28. The van der Waals surface area contributed by atoms with E-state index in [0.717, 1.165) is 5.56 Å². The monoisotopic (exact) mass is 308 g/mol. The maximum absolute atomic E-state index is 11.9. The van der Waals surface area contributed by atoms with E-state index in [0.29, 0.717) is 11.3 Å². The standard InChI is InChI=1S/C17H24O5/c1-17(2,3)15(20)8-6-11-5-7-12(14(9-11)22-4)16(21)13(19)10-18/h5-9,13,16,18-19,21H,10H2,1-4H3. The zero-order valence-corrected chi connectivity index (χ0v) is 13.4. The van der Waals surface area contributed by atoms with Gasteiger partial charge in [0, 0.05) is 11.0 Å². The number of carbonyl (C=O) groups is 1. The molecule has 0 heterocycles. The topological polar surface area (TPSA) is 87.0 Å². The first-order chi connectivity index (χ1) is 10.2. The van der Waals surface area contributed by atoms with Crippen molar-refractivity contribution in [3.05, 3.63) is 35.4 Å². The van der Waals surface area contributed by atoms with Crippen molar-refractivity contribution in [2.24, 2.45) is 5.41 Å². The summed E-state index contributed by atoms with van der Waals surface area (Å²) in [5.74, 6) is 0.386. The number of carbonyl (C=O) groups excluding carboxylic acids is 1. The number of aliphatic hydroxyl groups excluding tert-OH is 3. The molecule has 2 atom stereocenters. The number of benzene rings is 1. The van der Waals surface area contributed by atoms with Crippen LogP contribution in [0.2, 0.25) is 0 Å². The highest BCUT2D eigenvalue weighted by Crippen LogP contribution is 2.29. The lowest BCUT2D eigenvalue weighted by Crippen LogP contribution is -2.22. The van der Waals surface area contributed by atoms with Crippen molar-refractivity contribution in [2.45, 2.75) is 33.0 Å². The van der Waals surface area contributed by atoms with Gasteiger partial charge in [-0.15, -0.1) is 0 Å². The molecular weight excluding hydrogens is 284 g/mol. The molecule has 0 aliphatic rings. The van der Waals surface area contributed by atoms with Crippen molar-refractivity contribution in [2.75, 3.05) is 13.7 Å². The van der Waals surface area contributed by atoms with E-state index in [9.17, 15) is 15.0 Å². The molecule has 122 valence electrons. The van der Waals surface area contributed by atoms with E-state index in [1.165, 1.54) is 13.2 Å². The van der Waals surface area contributed by atoms with Gasteiger partial charge in [0.1, 0.15) is 18.0 Å². The zero-order valence-electron chi connectivity index (χ0n) is 13.4. The summed E-state index contributed by atoms with van der Waals surface area (Å²) in [7, 11) is 1.45. The molecule has 22 heavy (non-hydrogen) atoms. The largest absolute Gasteiger partial charge is 0.496 e. The minimum absolute atomic E-state index is 0.00582. The van der Waals surface area contributed by atoms with Crippen molar-refractivity contribution in [3.8, 4) is 5.75 Å². The van der Waals surface area contributed by atoms with Gasteiger partial charge in [0.05, 0.1) is 13.7 Å². The molecule has 0 saturated carbocycles. The highest BCUT2D eigenvalue weighted by atomic mass is 16.5. The Morgan fingerprint density at radius 3 is 2.45 bits per heavy atom. The third-order valence-electron chi connectivity index (χ3n) is 3.29. The highest BCUT2D eigenvalue weighted by molar-refractivity contribution is 5.97. The first kappa shape index (κ1) is 18.4. The van der Waals surface area contributed by atoms with Crippen molar-refractivity contribution < 1.29 is 24.9 Å². The van der Waals surface area contributed by atoms with Crippen molar-refractivity contribution in [1.29, 1.82) is 0 Å². The van der Waals surface area contributed by atoms with Crippen molar-refractivity contribution in [3.63, 3.8) is 0 Å². The van der Waals surface area contributed by atoms with Gasteiger partial charge in [-0.3, -0.25) is 4.79 Å². The van der Waals surface area contributed by atoms with Crippen LogP contribution in [0, 0.1) is 5.41 Å². The van der Waals surface area contributed by atoms with Crippen molar-refractivity contribution in [1.82, 2.24) is 0 Å². The molecule has 0 radical (unpaired) electrons. The number of allylic oxidation sites excluding steroid dienone is 1. The van der Waals surface area contributed by atoms with Crippen LogP contribution in [-0.4, -0.2) is 40.9 Å². The fourth-order valence-corrected chi connectivity index (χ4v) is 1.80. The molecule has 0 fully saturated rings. The summed E-state index contributed by atoms with van der Waals surface area (Å²) < 4.78 is 5.20. The van der Waals surface area contributed by atoms with Gasteiger partial charge in [-0.05, 0) is 17.7 Å². The average Bonchev–Trinajstić information content (AvgIpc) is 2.49. The van der Waals surface area contributed by atoms with Crippen LogP contribution >= 0.6 is 0 Å². The molecule has 0 aliphatic heterocycles. The number of hydrogen-bond acceptors (Lipinski definition) is 5. The maximum atomic E-state index is 11.9. The quantitative estimate of drug-likeness (QED) is 0.696. The lowest BCUT2D eigenvalue weighted by Gasteiger charge is -2.19. The van der Waals surface area contributed by atoms with Gasteiger partial charge in [0.25, 0.3) is 0 Å². The molecule has 1 aromatic rings.